The second-order valence-electron chi connectivity index (χ2n) is 6.59. The Morgan fingerprint density at radius 3 is 2.15 bits per heavy atom. The minimum Gasteiger partial charge on any atom is -0.309 e. The highest BCUT2D eigenvalue weighted by Gasteiger charge is 2.64. The number of hydrogen-bond acceptors (Lipinski definition) is 1. The van der Waals surface area contributed by atoms with Gasteiger partial charge in [0.2, 0.25) is 0 Å². The summed E-state index contributed by atoms with van der Waals surface area (Å²) in [7, 11) is 0. The van der Waals surface area contributed by atoms with Crippen LogP contribution in [0.2, 0.25) is 0 Å². The van der Waals surface area contributed by atoms with Gasteiger partial charge in [0.15, 0.2) is 0 Å². The molecular weight excluding hydrogens is 263 g/mol. The Morgan fingerprint density at radius 2 is 1.60 bits per heavy atom. The maximum absolute atomic E-state index is 12.5. The van der Waals surface area contributed by atoms with Crippen molar-refractivity contribution in [2.24, 2.45) is 23.7 Å². The van der Waals surface area contributed by atoms with E-state index in [0.717, 1.165) is 29.2 Å². The molecule has 4 rings (SSSR count). The van der Waals surface area contributed by atoms with Gasteiger partial charge in [0, 0.05) is 12.6 Å². The average molecular weight is 281 g/mol. The molecule has 0 amide bonds. The Balaban J connectivity index is 1.35. The van der Waals surface area contributed by atoms with Gasteiger partial charge in [-0.2, -0.15) is 13.2 Å². The highest BCUT2D eigenvalue weighted by Crippen LogP contribution is 2.65. The van der Waals surface area contributed by atoms with E-state index in [4.69, 9.17) is 0 Å². The number of hydrogen-bond donors (Lipinski definition) is 1. The minimum absolute atomic E-state index is 0.567. The third kappa shape index (κ3) is 1.96. The Bertz CT molecular complexity index is 491. The molecule has 1 aromatic rings. The summed E-state index contributed by atoms with van der Waals surface area (Å²) in [5.41, 5.74) is 0.373. The number of alkyl halides is 3. The van der Waals surface area contributed by atoms with Crippen LogP contribution in [0, 0.1) is 23.7 Å². The van der Waals surface area contributed by atoms with Crippen molar-refractivity contribution in [1.82, 2.24) is 5.32 Å². The zero-order valence-electron chi connectivity index (χ0n) is 11.2. The topological polar surface area (TPSA) is 12.0 Å². The third-order valence-electron chi connectivity index (χ3n) is 5.56. The first kappa shape index (κ1) is 12.7. The summed E-state index contributed by atoms with van der Waals surface area (Å²) in [5.74, 6) is 3.58. The van der Waals surface area contributed by atoms with Crippen molar-refractivity contribution < 1.29 is 13.2 Å². The first-order chi connectivity index (χ1) is 9.54. The van der Waals surface area contributed by atoms with Crippen molar-refractivity contribution in [3.05, 3.63) is 35.4 Å². The maximum atomic E-state index is 12.5. The van der Waals surface area contributed by atoms with E-state index in [-0.39, 0.29) is 0 Å². The Hall–Kier alpha value is -1.03. The van der Waals surface area contributed by atoms with Crippen LogP contribution in [0.5, 0.6) is 0 Å². The van der Waals surface area contributed by atoms with Gasteiger partial charge in [0.05, 0.1) is 5.56 Å². The van der Waals surface area contributed by atoms with Crippen LogP contribution in [0.15, 0.2) is 24.3 Å². The van der Waals surface area contributed by atoms with Gasteiger partial charge in [-0.3, -0.25) is 0 Å². The van der Waals surface area contributed by atoms with Crippen LogP contribution in [0.3, 0.4) is 0 Å². The van der Waals surface area contributed by atoms with E-state index >= 15 is 0 Å². The fraction of sp³-hybridized carbons (Fsp3) is 0.625. The zero-order valence-corrected chi connectivity index (χ0v) is 11.2. The van der Waals surface area contributed by atoms with Crippen LogP contribution in [0.1, 0.15) is 30.4 Å². The SMILES string of the molecule is FC(F)(F)c1ccc(CNC2C3C4CCC(C4)C23)cc1. The molecule has 0 radical (unpaired) electrons. The van der Waals surface area contributed by atoms with Gasteiger partial charge in [-0.1, -0.05) is 12.1 Å². The van der Waals surface area contributed by atoms with E-state index in [0.29, 0.717) is 12.6 Å². The molecule has 1 nitrogen and oxygen atoms in total. The van der Waals surface area contributed by atoms with Gasteiger partial charge in [-0.25, -0.2) is 0 Å². The monoisotopic (exact) mass is 281 g/mol. The summed E-state index contributed by atoms with van der Waals surface area (Å²) in [6, 6.07) is 6.15. The van der Waals surface area contributed by atoms with Crippen molar-refractivity contribution >= 4 is 0 Å². The molecule has 4 unspecified atom stereocenters. The fourth-order valence-corrected chi connectivity index (χ4v) is 4.65. The predicted octanol–water partition coefficient (Wildman–Crippen LogP) is 3.84. The van der Waals surface area contributed by atoms with E-state index in [1.807, 2.05) is 0 Å². The molecule has 2 bridgehead atoms. The van der Waals surface area contributed by atoms with E-state index in [1.54, 1.807) is 12.1 Å². The van der Waals surface area contributed by atoms with Crippen LogP contribution in [-0.2, 0) is 12.7 Å². The number of rotatable bonds is 3. The van der Waals surface area contributed by atoms with Crippen molar-refractivity contribution in [3.8, 4) is 0 Å². The van der Waals surface area contributed by atoms with Gasteiger partial charge < -0.3 is 5.32 Å². The molecule has 3 saturated carbocycles. The van der Waals surface area contributed by atoms with E-state index < -0.39 is 11.7 Å². The van der Waals surface area contributed by atoms with Crippen LogP contribution in [0.4, 0.5) is 13.2 Å². The standard InChI is InChI=1S/C16H18F3N/c17-16(18,19)12-5-1-9(2-6-12)8-20-15-13-10-3-4-11(7-10)14(13)15/h1-2,5-6,10-11,13-15,20H,3-4,7-8H2. The smallest absolute Gasteiger partial charge is 0.309 e. The van der Waals surface area contributed by atoms with Crippen LogP contribution in [0.25, 0.3) is 0 Å². The third-order valence-corrected chi connectivity index (χ3v) is 5.56. The number of benzene rings is 1. The lowest BCUT2D eigenvalue weighted by molar-refractivity contribution is -0.137. The molecule has 0 spiro atoms. The van der Waals surface area contributed by atoms with E-state index in [1.165, 1.54) is 31.4 Å². The summed E-state index contributed by atoms with van der Waals surface area (Å²) in [6.07, 6.45) is -0.0267. The summed E-state index contributed by atoms with van der Waals surface area (Å²) >= 11 is 0. The van der Waals surface area contributed by atoms with Crippen LogP contribution >= 0.6 is 0 Å². The van der Waals surface area contributed by atoms with Gasteiger partial charge in [-0.15, -0.1) is 0 Å². The van der Waals surface area contributed by atoms with Crippen molar-refractivity contribution in [3.63, 3.8) is 0 Å². The molecule has 3 fully saturated rings. The summed E-state index contributed by atoms with van der Waals surface area (Å²) in [4.78, 5) is 0. The molecule has 20 heavy (non-hydrogen) atoms. The summed E-state index contributed by atoms with van der Waals surface area (Å²) < 4.78 is 37.4. The molecule has 3 aliphatic carbocycles. The Labute approximate surface area is 116 Å². The summed E-state index contributed by atoms with van der Waals surface area (Å²) in [6.45, 7) is 0.690. The molecule has 0 saturated heterocycles. The second-order valence-corrected chi connectivity index (χ2v) is 6.59. The van der Waals surface area contributed by atoms with Crippen molar-refractivity contribution in [2.75, 3.05) is 0 Å². The molecular formula is C16H18F3N. The zero-order chi connectivity index (χ0) is 13.9. The predicted molar refractivity (Wildman–Crippen MR) is 69.9 cm³/mol. The largest absolute Gasteiger partial charge is 0.416 e. The molecule has 0 aliphatic heterocycles. The first-order valence-electron chi connectivity index (χ1n) is 7.43. The second kappa shape index (κ2) is 4.23. The lowest BCUT2D eigenvalue weighted by Gasteiger charge is -2.11. The van der Waals surface area contributed by atoms with Gasteiger partial charge in [0.25, 0.3) is 0 Å². The number of fused-ring (bicyclic) bond motifs is 5. The minimum atomic E-state index is -4.24. The normalized spacial score (nSPS) is 38.0. The molecule has 1 aromatic carbocycles. The molecule has 4 heteroatoms. The van der Waals surface area contributed by atoms with Crippen molar-refractivity contribution in [2.45, 2.75) is 38.0 Å². The highest BCUT2D eigenvalue weighted by atomic mass is 19.4. The molecule has 0 heterocycles. The van der Waals surface area contributed by atoms with Gasteiger partial charge >= 0.3 is 6.18 Å². The van der Waals surface area contributed by atoms with Crippen LogP contribution < -0.4 is 5.32 Å². The molecule has 108 valence electrons. The van der Waals surface area contributed by atoms with Gasteiger partial charge in [-0.05, 0) is 60.6 Å². The lowest BCUT2D eigenvalue weighted by atomic mass is 10.0. The lowest BCUT2D eigenvalue weighted by Crippen LogP contribution is -2.22. The highest BCUT2D eigenvalue weighted by molar-refractivity contribution is 5.25. The quantitative estimate of drug-likeness (QED) is 0.887. The van der Waals surface area contributed by atoms with E-state index in [9.17, 15) is 13.2 Å². The van der Waals surface area contributed by atoms with Crippen LogP contribution in [-0.4, -0.2) is 6.04 Å². The van der Waals surface area contributed by atoms with E-state index in [2.05, 4.69) is 5.32 Å². The molecule has 4 atom stereocenters. The number of nitrogens with one attached hydrogen (secondary N) is 1. The van der Waals surface area contributed by atoms with Crippen molar-refractivity contribution in [1.29, 1.82) is 0 Å². The molecule has 3 aliphatic rings. The summed E-state index contributed by atoms with van der Waals surface area (Å²) in [5, 5.41) is 3.55. The number of halogens is 3. The molecule has 1 N–H and O–H groups in total. The average Bonchev–Trinajstić information content (AvgIpc) is 2.79. The Morgan fingerprint density at radius 1 is 1.00 bits per heavy atom. The van der Waals surface area contributed by atoms with Gasteiger partial charge in [0.1, 0.15) is 0 Å². The Kier molecular flexibility index (Phi) is 2.69. The maximum Gasteiger partial charge on any atom is 0.416 e. The molecule has 0 aromatic heterocycles. The fourth-order valence-electron chi connectivity index (χ4n) is 4.65. The first-order valence-corrected chi connectivity index (χ1v) is 7.43.